The van der Waals surface area contributed by atoms with Gasteiger partial charge in [0.15, 0.2) is 0 Å². The number of methoxy groups -OCH3 is 1. The molecule has 0 bridgehead atoms. The molecular weight excluding hydrogens is 222 g/mol. The summed E-state index contributed by atoms with van der Waals surface area (Å²) in [5.41, 5.74) is 0. The van der Waals surface area contributed by atoms with Crippen LogP contribution in [-0.4, -0.2) is 50.4 Å². The fourth-order valence-electron chi connectivity index (χ4n) is 0.852. The Hall–Kier alpha value is 0.360. The zero-order valence-electron chi connectivity index (χ0n) is 8.56. The van der Waals surface area contributed by atoms with Gasteiger partial charge >= 0.3 is 0 Å². The van der Waals surface area contributed by atoms with Crippen molar-refractivity contribution < 1.29 is 31.7 Å². The van der Waals surface area contributed by atoms with Crippen molar-refractivity contribution in [1.29, 1.82) is 0 Å². The minimum Gasteiger partial charge on any atom is -1.00 e. The van der Waals surface area contributed by atoms with Crippen molar-refractivity contribution in [3.8, 4) is 0 Å². The molecule has 2 N–H and O–H groups in total. The third-order valence-electron chi connectivity index (χ3n) is 2.36. The van der Waals surface area contributed by atoms with E-state index < -0.39 is 0 Å². The molecule has 0 aliphatic rings. The van der Waals surface area contributed by atoms with Gasteiger partial charge in [0, 0.05) is 7.11 Å². The van der Waals surface area contributed by atoms with Crippen LogP contribution in [0.5, 0.6) is 0 Å². The van der Waals surface area contributed by atoms with Gasteiger partial charge in [0.1, 0.15) is 6.54 Å². The highest BCUT2D eigenvalue weighted by Crippen LogP contribution is 1.99. The Bertz CT molecular complexity index is 87.1. The van der Waals surface area contributed by atoms with E-state index in [2.05, 4.69) is 20.9 Å². The molecule has 0 aromatic rings. The zero-order chi connectivity index (χ0) is 8.04. The van der Waals surface area contributed by atoms with Crippen molar-refractivity contribution in [3.63, 3.8) is 0 Å². The lowest BCUT2D eigenvalue weighted by Crippen LogP contribution is -3.00. The monoisotopic (exact) mass is 243 g/mol. The van der Waals surface area contributed by atoms with Crippen LogP contribution in [-0.2, 0) is 4.74 Å². The molecule has 12 heavy (non-hydrogen) atoms. The first-order valence-corrected chi connectivity index (χ1v) is 4.01. The molecule has 0 rings (SSSR count). The summed E-state index contributed by atoms with van der Waals surface area (Å²) >= 11 is 0. The zero-order valence-corrected chi connectivity index (χ0v) is 10.1. The summed E-state index contributed by atoms with van der Waals surface area (Å²) in [7, 11) is 4.02. The van der Waals surface area contributed by atoms with E-state index in [0.29, 0.717) is 0 Å². The summed E-state index contributed by atoms with van der Waals surface area (Å²) in [6, 6.07) is 0. The van der Waals surface area contributed by atoms with Crippen molar-refractivity contribution in [2.75, 3.05) is 40.4 Å². The third kappa shape index (κ3) is 7.03. The van der Waals surface area contributed by atoms with Crippen LogP contribution in [0.4, 0.5) is 0 Å². The highest BCUT2D eigenvalue weighted by Gasteiger charge is 2.14. The lowest BCUT2D eigenvalue weighted by Gasteiger charge is -2.31. The molecule has 0 aromatic heterocycles. The van der Waals surface area contributed by atoms with Gasteiger partial charge in [0.25, 0.3) is 0 Å². The molecule has 0 aromatic carbocycles. The molecule has 0 fully saturated rings. The Kier molecular flexibility index (Phi) is 14.3. The molecule has 0 atom stereocenters. The number of likely N-dealkylation sites (N-methyl/N-ethyl adjacent to an activating group) is 1. The van der Waals surface area contributed by atoms with Crippen molar-refractivity contribution in [1.82, 2.24) is 0 Å². The van der Waals surface area contributed by atoms with E-state index in [4.69, 9.17) is 4.74 Å². The van der Waals surface area contributed by atoms with E-state index in [1.807, 2.05) is 0 Å². The quantitative estimate of drug-likeness (QED) is 0.485. The number of nitrogens with zero attached hydrogens (tertiary/aromatic N) is 1. The molecular formula is C8H22BrNO2. The standard InChI is InChI=1S/C8H20NO.BrH.H2O/c1-5-9(3,6-2)7-8-10-4;;/h5-8H2,1-4H3;1H;1H2/q+1;;/p-1. The maximum atomic E-state index is 5.03. The topological polar surface area (TPSA) is 40.7 Å². The van der Waals surface area contributed by atoms with Gasteiger partial charge in [-0.15, -0.1) is 0 Å². The van der Waals surface area contributed by atoms with Gasteiger partial charge in [-0.2, -0.15) is 0 Å². The van der Waals surface area contributed by atoms with Crippen LogP contribution < -0.4 is 17.0 Å². The normalized spacial score (nSPS) is 10.0. The number of rotatable bonds is 5. The summed E-state index contributed by atoms with van der Waals surface area (Å²) < 4.78 is 6.14. The molecule has 0 spiro atoms. The van der Waals surface area contributed by atoms with E-state index in [1.165, 1.54) is 13.1 Å². The Morgan fingerprint density at radius 1 is 1.17 bits per heavy atom. The predicted molar refractivity (Wildman–Crippen MR) is 47.6 cm³/mol. The summed E-state index contributed by atoms with van der Waals surface area (Å²) in [5.74, 6) is 0. The van der Waals surface area contributed by atoms with E-state index in [1.54, 1.807) is 7.11 Å². The molecule has 3 nitrogen and oxygen atoms in total. The molecule has 4 heteroatoms. The molecule has 78 valence electrons. The van der Waals surface area contributed by atoms with E-state index in [0.717, 1.165) is 17.6 Å². The van der Waals surface area contributed by atoms with Crippen LogP contribution in [0.1, 0.15) is 13.8 Å². The van der Waals surface area contributed by atoms with E-state index in [-0.39, 0.29) is 22.5 Å². The van der Waals surface area contributed by atoms with Crippen LogP contribution in [0, 0.1) is 0 Å². The molecule has 0 saturated carbocycles. The van der Waals surface area contributed by atoms with E-state index in [9.17, 15) is 0 Å². The molecule has 0 aliphatic heterocycles. The lowest BCUT2D eigenvalue weighted by atomic mass is 10.4. The largest absolute Gasteiger partial charge is 1.00 e. The Morgan fingerprint density at radius 2 is 1.58 bits per heavy atom. The highest BCUT2D eigenvalue weighted by atomic mass is 79.9. The molecule has 0 amide bonds. The molecule has 0 saturated heterocycles. The molecule has 0 aliphatic carbocycles. The number of hydrogen-bond acceptors (Lipinski definition) is 1. The summed E-state index contributed by atoms with van der Waals surface area (Å²) in [4.78, 5) is 0. The fraction of sp³-hybridized carbons (Fsp3) is 1.00. The van der Waals surface area contributed by atoms with Crippen LogP contribution >= 0.6 is 0 Å². The highest BCUT2D eigenvalue weighted by molar-refractivity contribution is 4.32. The maximum Gasteiger partial charge on any atom is 0.102 e. The smallest absolute Gasteiger partial charge is 0.102 e. The molecule has 0 unspecified atom stereocenters. The average Bonchev–Trinajstić information content (AvgIpc) is 2.00. The van der Waals surface area contributed by atoms with E-state index >= 15 is 0 Å². The first-order chi connectivity index (χ1) is 4.68. The number of ether oxygens (including phenoxy) is 1. The van der Waals surface area contributed by atoms with Crippen molar-refractivity contribution in [2.45, 2.75) is 13.8 Å². The predicted octanol–water partition coefficient (Wildman–Crippen LogP) is -2.70. The second-order valence-corrected chi connectivity index (χ2v) is 2.97. The first kappa shape index (κ1) is 18.2. The summed E-state index contributed by atoms with van der Waals surface area (Å²) in [5, 5.41) is 0. The van der Waals surface area contributed by atoms with Gasteiger partial charge in [-0.05, 0) is 13.8 Å². The van der Waals surface area contributed by atoms with Crippen molar-refractivity contribution in [3.05, 3.63) is 0 Å². The molecule has 0 radical (unpaired) electrons. The van der Waals surface area contributed by atoms with Crippen LogP contribution in [0.3, 0.4) is 0 Å². The minimum atomic E-state index is 0. The Morgan fingerprint density at radius 3 is 1.83 bits per heavy atom. The van der Waals surface area contributed by atoms with Gasteiger partial charge < -0.3 is 31.7 Å². The average molecular weight is 244 g/mol. The van der Waals surface area contributed by atoms with Crippen LogP contribution in [0.25, 0.3) is 0 Å². The van der Waals surface area contributed by atoms with Gasteiger partial charge in [-0.25, -0.2) is 0 Å². The van der Waals surface area contributed by atoms with Gasteiger partial charge in [0.05, 0.1) is 26.7 Å². The third-order valence-corrected chi connectivity index (χ3v) is 2.36. The Balaban J connectivity index is -0.000000405. The molecule has 0 heterocycles. The van der Waals surface area contributed by atoms with Gasteiger partial charge in [-0.3, -0.25) is 0 Å². The minimum absolute atomic E-state index is 0. The lowest BCUT2D eigenvalue weighted by molar-refractivity contribution is -0.906. The maximum absolute atomic E-state index is 5.03. The second kappa shape index (κ2) is 9.45. The van der Waals surface area contributed by atoms with Crippen LogP contribution in [0.15, 0.2) is 0 Å². The summed E-state index contributed by atoms with van der Waals surface area (Å²) in [6.07, 6.45) is 0. The second-order valence-electron chi connectivity index (χ2n) is 2.97. The van der Waals surface area contributed by atoms with Crippen molar-refractivity contribution >= 4 is 0 Å². The first-order valence-electron chi connectivity index (χ1n) is 4.01. The SMILES string of the molecule is CC[N+](C)(CC)CCOC.O.[Br-]. The van der Waals surface area contributed by atoms with Gasteiger partial charge in [0.2, 0.25) is 0 Å². The summed E-state index contributed by atoms with van der Waals surface area (Å²) in [6.45, 7) is 8.83. The Labute approximate surface area is 86.4 Å². The van der Waals surface area contributed by atoms with Crippen molar-refractivity contribution in [2.24, 2.45) is 0 Å². The number of halogens is 1. The fourth-order valence-corrected chi connectivity index (χ4v) is 0.852. The van der Waals surface area contributed by atoms with Gasteiger partial charge in [-0.1, -0.05) is 0 Å². The van der Waals surface area contributed by atoms with Crippen LogP contribution in [0.2, 0.25) is 0 Å². The number of hydrogen-bond donors (Lipinski definition) is 0. The number of quaternary nitrogens is 1.